The summed E-state index contributed by atoms with van der Waals surface area (Å²) in [5, 5.41) is 8.91. The second kappa shape index (κ2) is 5.05. The third kappa shape index (κ3) is 2.89. The number of nitrogens with zero attached hydrogens (tertiary/aromatic N) is 1. The third-order valence-corrected chi connectivity index (χ3v) is 2.62. The van der Waals surface area contributed by atoms with E-state index in [1.54, 1.807) is 0 Å². The molecule has 1 atom stereocenters. The van der Waals surface area contributed by atoms with Crippen molar-refractivity contribution in [1.29, 1.82) is 0 Å². The van der Waals surface area contributed by atoms with Crippen molar-refractivity contribution in [3.63, 3.8) is 0 Å². The van der Waals surface area contributed by atoms with Gasteiger partial charge in [-0.3, -0.25) is 5.10 Å². The normalized spacial score (nSPS) is 21.6. The highest BCUT2D eigenvalue weighted by atomic mass is 35.5. The monoisotopic (exact) mass is 255 g/mol. The number of H-pyrrole nitrogens is 1. The zero-order valence-electron chi connectivity index (χ0n) is 8.47. The Morgan fingerprint density at radius 3 is 2.62 bits per heavy atom. The van der Waals surface area contributed by atoms with Crippen LogP contribution in [0.25, 0.3) is 0 Å². The summed E-state index contributed by atoms with van der Waals surface area (Å²) in [5.74, 6) is 0.127. The lowest BCUT2D eigenvalue weighted by atomic mass is 9.96. The van der Waals surface area contributed by atoms with Crippen LogP contribution in [0.4, 0.5) is 13.2 Å². The molecule has 0 aliphatic carbocycles. The lowest BCUT2D eigenvalue weighted by molar-refractivity contribution is -0.141. The molecule has 1 aliphatic rings. The first-order chi connectivity index (χ1) is 7.07. The molecule has 0 radical (unpaired) electrons. The number of rotatable bonds is 1. The van der Waals surface area contributed by atoms with Gasteiger partial charge in [0.05, 0.1) is 0 Å². The van der Waals surface area contributed by atoms with E-state index in [9.17, 15) is 13.2 Å². The largest absolute Gasteiger partial charge is 0.435 e. The molecule has 3 nitrogen and oxygen atoms in total. The number of alkyl halides is 3. The SMILES string of the molecule is Cl.FC(F)(F)c1cc(C2CCCNC2)[nH]n1. The van der Waals surface area contributed by atoms with Gasteiger partial charge in [-0.15, -0.1) is 12.4 Å². The topological polar surface area (TPSA) is 40.7 Å². The number of halogens is 4. The van der Waals surface area contributed by atoms with Crippen LogP contribution in [-0.4, -0.2) is 23.3 Å². The Labute approximate surface area is 97.2 Å². The first-order valence-corrected chi connectivity index (χ1v) is 4.90. The van der Waals surface area contributed by atoms with E-state index in [0.29, 0.717) is 5.69 Å². The predicted molar refractivity (Wildman–Crippen MR) is 55.7 cm³/mol. The van der Waals surface area contributed by atoms with Crippen LogP contribution in [0.1, 0.15) is 30.1 Å². The molecule has 0 amide bonds. The molecule has 1 saturated heterocycles. The highest BCUT2D eigenvalue weighted by molar-refractivity contribution is 5.85. The van der Waals surface area contributed by atoms with E-state index >= 15 is 0 Å². The van der Waals surface area contributed by atoms with Gasteiger partial charge in [-0.05, 0) is 25.5 Å². The zero-order valence-corrected chi connectivity index (χ0v) is 9.29. The van der Waals surface area contributed by atoms with Gasteiger partial charge in [-0.2, -0.15) is 18.3 Å². The molecule has 7 heteroatoms. The summed E-state index contributed by atoms with van der Waals surface area (Å²) in [6, 6.07) is 1.11. The highest BCUT2D eigenvalue weighted by Gasteiger charge is 2.34. The van der Waals surface area contributed by atoms with Crippen molar-refractivity contribution >= 4 is 12.4 Å². The summed E-state index contributed by atoms with van der Waals surface area (Å²) >= 11 is 0. The maximum atomic E-state index is 12.3. The molecular formula is C9H13ClF3N3. The first-order valence-electron chi connectivity index (χ1n) is 4.90. The van der Waals surface area contributed by atoms with Crippen molar-refractivity contribution in [3.05, 3.63) is 17.5 Å². The fraction of sp³-hybridized carbons (Fsp3) is 0.667. The van der Waals surface area contributed by atoms with E-state index in [4.69, 9.17) is 0 Å². The fourth-order valence-electron chi connectivity index (χ4n) is 1.81. The molecule has 1 aliphatic heterocycles. The van der Waals surface area contributed by atoms with Gasteiger partial charge in [0.25, 0.3) is 0 Å². The summed E-state index contributed by atoms with van der Waals surface area (Å²) in [5.41, 5.74) is -0.252. The zero-order chi connectivity index (χ0) is 10.9. The molecule has 92 valence electrons. The van der Waals surface area contributed by atoms with E-state index < -0.39 is 11.9 Å². The Morgan fingerprint density at radius 2 is 2.12 bits per heavy atom. The maximum absolute atomic E-state index is 12.3. The molecule has 0 saturated carbocycles. The van der Waals surface area contributed by atoms with Gasteiger partial charge in [0.1, 0.15) is 0 Å². The van der Waals surface area contributed by atoms with Crippen LogP contribution in [0.2, 0.25) is 0 Å². The minimum Gasteiger partial charge on any atom is -0.316 e. The summed E-state index contributed by atoms with van der Waals surface area (Å²) in [6.07, 6.45) is -2.45. The van der Waals surface area contributed by atoms with E-state index in [2.05, 4.69) is 15.5 Å². The van der Waals surface area contributed by atoms with Gasteiger partial charge in [-0.1, -0.05) is 0 Å². The quantitative estimate of drug-likeness (QED) is 0.809. The third-order valence-electron chi connectivity index (χ3n) is 2.62. The molecule has 0 bridgehead atoms. The van der Waals surface area contributed by atoms with E-state index in [1.165, 1.54) is 0 Å². The highest BCUT2D eigenvalue weighted by Crippen LogP contribution is 2.30. The van der Waals surface area contributed by atoms with Crippen molar-refractivity contribution in [2.45, 2.75) is 24.9 Å². The Bertz CT molecular complexity index is 331. The molecule has 0 spiro atoms. The molecule has 1 fully saturated rings. The van der Waals surface area contributed by atoms with Gasteiger partial charge in [0, 0.05) is 18.2 Å². The predicted octanol–water partition coefficient (Wildman–Crippen LogP) is 2.32. The number of piperidine rings is 1. The van der Waals surface area contributed by atoms with E-state index in [0.717, 1.165) is 32.0 Å². The van der Waals surface area contributed by atoms with E-state index in [1.807, 2.05) is 0 Å². The smallest absolute Gasteiger partial charge is 0.316 e. The average molecular weight is 256 g/mol. The lowest BCUT2D eigenvalue weighted by Gasteiger charge is -2.21. The Morgan fingerprint density at radius 1 is 1.38 bits per heavy atom. The summed E-state index contributed by atoms with van der Waals surface area (Å²) in [6.45, 7) is 1.66. The summed E-state index contributed by atoms with van der Waals surface area (Å²) in [7, 11) is 0. The number of hydrogen-bond donors (Lipinski definition) is 2. The fourth-order valence-corrected chi connectivity index (χ4v) is 1.81. The molecule has 2 rings (SSSR count). The average Bonchev–Trinajstić information content (AvgIpc) is 2.67. The van der Waals surface area contributed by atoms with Crippen LogP contribution in [0.15, 0.2) is 6.07 Å². The number of hydrogen-bond acceptors (Lipinski definition) is 2. The van der Waals surface area contributed by atoms with E-state index in [-0.39, 0.29) is 18.3 Å². The van der Waals surface area contributed by atoms with Gasteiger partial charge >= 0.3 is 6.18 Å². The number of nitrogens with one attached hydrogen (secondary N) is 2. The number of aromatic nitrogens is 2. The Hall–Kier alpha value is -0.750. The van der Waals surface area contributed by atoms with Gasteiger partial charge in [-0.25, -0.2) is 0 Å². The molecule has 1 aromatic rings. The van der Waals surface area contributed by atoms with Gasteiger partial charge in [0.2, 0.25) is 0 Å². The van der Waals surface area contributed by atoms with Crippen LogP contribution >= 0.6 is 12.4 Å². The molecule has 2 N–H and O–H groups in total. The Kier molecular flexibility index (Phi) is 4.21. The maximum Gasteiger partial charge on any atom is 0.435 e. The van der Waals surface area contributed by atoms with Crippen molar-refractivity contribution in [2.75, 3.05) is 13.1 Å². The minimum absolute atomic E-state index is 0. The molecule has 1 aromatic heterocycles. The van der Waals surface area contributed by atoms with Crippen molar-refractivity contribution < 1.29 is 13.2 Å². The molecule has 2 heterocycles. The van der Waals surface area contributed by atoms with Crippen LogP contribution in [-0.2, 0) is 6.18 Å². The van der Waals surface area contributed by atoms with Crippen LogP contribution in [0.5, 0.6) is 0 Å². The second-order valence-electron chi connectivity index (χ2n) is 3.75. The molecule has 0 aromatic carbocycles. The van der Waals surface area contributed by atoms with Crippen molar-refractivity contribution in [2.24, 2.45) is 0 Å². The first kappa shape index (κ1) is 13.3. The Balaban J connectivity index is 0.00000128. The molecule has 16 heavy (non-hydrogen) atoms. The van der Waals surface area contributed by atoms with Gasteiger partial charge in [0.15, 0.2) is 5.69 Å². The standard InChI is InChI=1S/C9H12F3N3.ClH/c10-9(11,12)8-4-7(14-15-8)6-2-1-3-13-5-6;/h4,6,13H,1-3,5H2,(H,14,15);1H. The number of aromatic amines is 1. The summed E-state index contributed by atoms with van der Waals surface area (Å²) < 4.78 is 36.8. The molecular weight excluding hydrogens is 243 g/mol. The van der Waals surface area contributed by atoms with Gasteiger partial charge < -0.3 is 5.32 Å². The van der Waals surface area contributed by atoms with Crippen molar-refractivity contribution in [3.8, 4) is 0 Å². The van der Waals surface area contributed by atoms with Crippen molar-refractivity contribution in [1.82, 2.24) is 15.5 Å². The molecule has 1 unspecified atom stereocenters. The minimum atomic E-state index is -4.35. The second-order valence-corrected chi connectivity index (χ2v) is 3.75. The summed E-state index contributed by atoms with van der Waals surface area (Å²) in [4.78, 5) is 0. The lowest BCUT2D eigenvalue weighted by Crippen LogP contribution is -2.28. The van der Waals surface area contributed by atoms with Crippen LogP contribution in [0, 0.1) is 0 Å². The van der Waals surface area contributed by atoms with Crippen LogP contribution in [0.3, 0.4) is 0 Å². The van der Waals surface area contributed by atoms with Crippen LogP contribution < -0.4 is 5.32 Å².